The highest BCUT2D eigenvalue weighted by atomic mass is 16.4. The number of hydrogen-bond acceptors (Lipinski definition) is 4. The van der Waals surface area contributed by atoms with Gasteiger partial charge in [-0.3, -0.25) is 19.3 Å². The molecule has 7 heteroatoms. The first kappa shape index (κ1) is 18.5. The molecule has 0 radical (unpaired) electrons. The van der Waals surface area contributed by atoms with Gasteiger partial charge in [-0.05, 0) is 67.5 Å². The van der Waals surface area contributed by atoms with Crippen LogP contribution in [0, 0.1) is 23.7 Å². The highest BCUT2D eigenvalue weighted by Gasteiger charge is 2.61. The third kappa shape index (κ3) is 2.73. The SMILES string of the molecule is O=C(O)c1ccccc1C(=O)Nc1ccc(N2C(=O)[C@@H]3[C@H]4CC[C@@H](C4)[C@@H]3C2=O)cc1. The first-order chi connectivity index (χ1) is 14.5. The fraction of sp³-hybridized carbons (Fsp3) is 0.304. The van der Waals surface area contributed by atoms with E-state index in [9.17, 15) is 24.3 Å². The number of nitrogens with zero attached hydrogens (tertiary/aromatic N) is 1. The Morgan fingerprint density at radius 3 is 2.00 bits per heavy atom. The number of carboxylic acid groups (broad SMARTS) is 1. The van der Waals surface area contributed by atoms with Crippen LogP contribution in [0.4, 0.5) is 11.4 Å². The van der Waals surface area contributed by atoms with E-state index >= 15 is 0 Å². The van der Waals surface area contributed by atoms with Gasteiger partial charge in [0.25, 0.3) is 5.91 Å². The van der Waals surface area contributed by atoms with E-state index in [1.165, 1.54) is 17.0 Å². The van der Waals surface area contributed by atoms with Gasteiger partial charge in [-0.2, -0.15) is 0 Å². The Balaban J connectivity index is 1.34. The summed E-state index contributed by atoms with van der Waals surface area (Å²) in [6.45, 7) is 0. The minimum atomic E-state index is -1.18. The summed E-state index contributed by atoms with van der Waals surface area (Å²) in [5.74, 6) is -1.63. The number of fused-ring (bicyclic) bond motifs is 5. The molecule has 5 rings (SSSR count). The molecule has 7 nitrogen and oxygen atoms in total. The van der Waals surface area contributed by atoms with Crippen LogP contribution in [0.25, 0.3) is 0 Å². The number of imide groups is 1. The Kier molecular flexibility index (Phi) is 4.20. The minimum absolute atomic E-state index is 0.0577. The number of hydrogen-bond donors (Lipinski definition) is 2. The highest BCUT2D eigenvalue weighted by Crippen LogP contribution is 2.56. The maximum atomic E-state index is 12.9. The van der Waals surface area contributed by atoms with E-state index < -0.39 is 11.9 Å². The number of carboxylic acids is 1. The molecule has 2 aromatic carbocycles. The zero-order valence-corrected chi connectivity index (χ0v) is 16.1. The lowest BCUT2D eigenvalue weighted by Gasteiger charge is -2.19. The third-order valence-electron chi connectivity index (χ3n) is 6.71. The van der Waals surface area contributed by atoms with Gasteiger partial charge in [0.1, 0.15) is 0 Å². The Morgan fingerprint density at radius 2 is 1.43 bits per heavy atom. The number of carbonyl (C=O) groups is 4. The van der Waals surface area contributed by atoms with Gasteiger partial charge in [-0.25, -0.2) is 4.79 Å². The van der Waals surface area contributed by atoms with Crippen molar-refractivity contribution in [1.82, 2.24) is 0 Å². The molecule has 2 saturated carbocycles. The second kappa shape index (κ2) is 6.79. The molecule has 2 bridgehead atoms. The van der Waals surface area contributed by atoms with Gasteiger partial charge >= 0.3 is 5.97 Å². The number of benzene rings is 2. The summed E-state index contributed by atoms with van der Waals surface area (Å²) in [6.07, 6.45) is 3.05. The van der Waals surface area contributed by atoms with Crippen LogP contribution in [0.5, 0.6) is 0 Å². The van der Waals surface area contributed by atoms with Crippen LogP contribution in [-0.4, -0.2) is 28.8 Å². The van der Waals surface area contributed by atoms with Crippen molar-refractivity contribution >= 4 is 35.1 Å². The molecule has 0 spiro atoms. The van der Waals surface area contributed by atoms with E-state index in [1.54, 1.807) is 36.4 Å². The second-order valence-corrected chi connectivity index (χ2v) is 8.25. The van der Waals surface area contributed by atoms with E-state index in [4.69, 9.17) is 0 Å². The Bertz CT molecular complexity index is 1050. The van der Waals surface area contributed by atoms with Crippen molar-refractivity contribution in [3.05, 3.63) is 59.7 Å². The summed E-state index contributed by atoms with van der Waals surface area (Å²) in [5.41, 5.74) is 0.925. The number of rotatable bonds is 4. The molecule has 2 aromatic rings. The summed E-state index contributed by atoms with van der Waals surface area (Å²) in [5, 5.41) is 11.9. The summed E-state index contributed by atoms with van der Waals surface area (Å²) >= 11 is 0. The van der Waals surface area contributed by atoms with Crippen molar-refractivity contribution in [3.63, 3.8) is 0 Å². The van der Waals surface area contributed by atoms with Crippen LogP contribution in [0.1, 0.15) is 40.0 Å². The lowest BCUT2D eigenvalue weighted by atomic mass is 9.81. The molecule has 2 aliphatic carbocycles. The van der Waals surface area contributed by atoms with Crippen molar-refractivity contribution in [2.45, 2.75) is 19.3 Å². The number of anilines is 2. The average molecular weight is 404 g/mol. The molecule has 3 fully saturated rings. The van der Waals surface area contributed by atoms with E-state index in [-0.39, 0.29) is 34.8 Å². The normalized spacial score (nSPS) is 26.7. The summed E-state index contributed by atoms with van der Waals surface area (Å²) in [4.78, 5) is 50.9. The Morgan fingerprint density at radius 1 is 0.867 bits per heavy atom. The van der Waals surface area contributed by atoms with Gasteiger partial charge in [0.2, 0.25) is 11.8 Å². The first-order valence-corrected chi connectivity index (χ1v) is 10.1. The van der Waals surface area contributed by atoms with Gasteiger partial charge in [-0.1, -0.05) is 12.1 Å². The van der Waals surface area contributed by atoms with Crippen LogP contribution in [0.3, 0.4) is 0 Å². The van der Waals surface area contributed by atoms with Crippen LogP contribution in [0.2, 0.25) is 0 Å². The Hall–Kier alpha value is -3.48. The smallest absolute Gasteiger partial charge is 0.336 e. The molecule has 3 aliphatic rings. The van der Waals surface area contributed by atoms with Gasteiger partial charge in [0.15, 0.2) is 0 Å². The first-order valence-electron chi connectivity index (χ1n) is 10.1. The van der Waals surface area contributed by atoms with E-state index in [0.29, 0.717) is 23.2 Å². The molecule has 30 heavy (non-hydrogen) atoms. The molecular formula is C23H20N2O5. The molecule has 1 aliphatic heterocycles. The summed E-state index contributed by atoms with van der Waals surface area (Å²) in [6, 6.07) is 12.5. The number of amides is 3. The molecular weight excluding hydrogens is 384 g/mol. The molecule has 3 amide bonds. The molecule has 1 heterocycles. The van der Waals surface area contributed by atoms with Gasteiger partial charge in [-0.15, -0.1) is 0 Å². The molecule has 1 saturated heterocycles. The highest BCUT2D eigenvalue weighted by molar-refractivity contribution is 6.22. The topological polar surface area (TPSA) is 104 Å². The number of carbonyl (C=O) groups excluding carboxylic acids is 3. The van der Waals surface area contributed by atoms with E-state index in [0.717, 1.165) is 19.3 Å². The van der Waals surface area contributed by atoms with E-state index in [1.807, 2.05) is 0 Å². The largest absolute Gasteiger partial charge is 0.478 e. The van der Waals surface area contributed by atoms with Crippen LogP contribution in [0.15, 0.2) is 48.5 Å². The monoisotopic (exact) mass is 404 g/mol. The lowest BCUT2D eigenvalue weighted by Crippen LogP contribution is -2.32. The number of aromatic carboxylic acids is 1. The predicted octanol–water partition coefficient (Wildman–Crippen LogP) is 3.17. The van der Waals surface area contributed by atoms with Crippen LogP contribution in [-0.2, 0) is 9.59 Å². The van der Waals surface area contributed by atoms with Crippen LogP contribution >= 0.6 is 0 Å². The van der Waals surface area contributed by atoms with Gasteiger partial charge in [0.05, 0.1) is 28.7 Å². The van der Waals surface area contributed by atoms with E-state index in [2.05, 4.69) is 5.32 Å². The zero-order chi connectivity index (χ0) is 21.0. The van der Waals surface area contributed by atoms with Crippen molar-refractivity contribution in [3.8, 4) is 0 Å². The second-order valence-electron chi connectivity index (χ2n) is 8.25. The van der Waals surface area contributed by atoms with Crippen molar-refractivity contribution in [1.29, 1.82) is 0 Å². The van der Waals surface area contributed by atoms with Crippen molar-refractivity contribution in [2.75, 3.05) is 10.2 Å². The minimum Gasteiger partial charge on any atom is -0.478 e. The molecule has 152 valence electrons. The maximum Gasteiger partial charge on any atom is 0.336 e. The van der Waals surface area contributed by atoms with Crippen molar-refractivity contribution in [2.24, 2.45) is 23.7 Å². The summed E-state index contributed by atoms with van der Waals surface area (Å²) < 4.78 is 0. The maximum absolute atomic E-state index is 12.9. The van der Waals surface area contributed by atoms with Gasteiger partial charge in [0, 0.05) is 5.69 Å². The van der Waals surface area contributed by atoms with Crippen LogP contribution < -0.4 is 10.2 Å². The standard InChI is InChI=1S/C23H20N2O5/c26-20(16-3-1-2-4-17(16)23(29)30)24-14-7-9-15(10-8-14)25-21(27)18-12-5-6-13(11-12)19(18)22(25)28/h1-4,7-10,12-13,18-19H,5-6,11H2,(H,24,26)(H,29,30)/t12-,13-,18-,19+/m0/s1. The average Bonchev–Trinajstić information content (AvgIpc) is 3.42. The lowest BCUT2D eigenvalue weighted by molar-refractivity contribution is -0.123. The van der Waals surface area contributed by atoms with Crippen molar-refractivity contribution < 1.29 is 24.3 Å². The zero-order valence-electron chi connectivity index (χ0n) is 16.1. The fourth-order valence-corrected chi connectivity index (χ4v) is 5.42. The molecule has 2 N–H and O–H groups in total. The summed E-state index contributed by atoms with van der Waals surface area (Å²) in [7, 11) is 0. The van der Waals surface area contributed by atoms with Gasteiger partial charge < -0.3 is 10.4 Å². The molecule has 0 aromatic heterocycles. The fourth-order valence-electron chi connectivity index (χ4n) is 5.42. The third-order valence-corrected chi connectivity index (χ3v) is 6.71. The number of nitrogens with one attached hydrogen (secondary N) is 1. The molecule has 4 atom stereocenters. The Labute approximate surface area is 172 Å². The predicted molar refractivity (Wildman–Crippen MR) is 108 cm³/mol. The quantitative estimate of drug-likeness (QED) is 0.762. The molecule has 0 unspecified atom stereocenters.